The zero-order valence-electron chi connectivity index (χ0n) is 10.8. The monoisotopic (exact) mass is 234 g/mol. The first-order valence-electron chi connectivity index (χ1n) is 6.64. The highest BCUT2D eigenvalue weighted by Crippen LogP contribution is 2.24. The van der Waals surface area contributed by atoms with Crippen LogP contribution in [-0.2, 0) is 0 Å². The lowest BCUT2D eigenvalue weighted by Gasteiger charge is -2.33. The van der Waals surface area contributed by atoms with E-state index in [-0.39, 0.29) is 0 Å². The molecule has 1 atom stereocenters. The van der Waals surface area contributed by atoms with E-state index in [1.165, 1.54) is 19.3 Å². The molecule has 2 heterocycles. The number of piperidine rings is 1. The van der Waals surface area contributed by atoms with Crippen molar-refractivity contribution >= 4 is 11.6 Å². The van der Waals surface area contributed by atoms with Crippen molar-refractivity contribution in [3.63, 3.8) is 0 Å². The van der Waals surface area contributed by atoms with Gasteiger partial charge in [-0.1, -0.05) is 13.3 Å². The van der Waals surface area contributed by atoms with Crippen molar-refractivity contribution in [3.8, 4) is 0 Å². The van der Waals surface area contributed by atoms with Crippen LogP contribution in [0, 0.1) is 5.92 Å². The molecule has 1 aromatic rings. The maximum Gasteiger partial charge on any atom is 0.134 e. The molecule has 94 valence electrons. The van der Waals surface area contributed by atoms with Gasteiger partial charge in [0.05, 0.1) is 0 Å². The Morgan fingerprint density at radius 3 is 3.06 bits per heavy atom. The summed E-state index contributed by atoms with van der Waals surface area (Å²) in [6, 6.07) is 2.06. The van der Waals surface area contributed by atoms with Crippen molar-refractivity contribution in [2.24, 2.45) is 5.92 Å². The van der Waals surface area contributed by atoms with Gasteiger partial charge in [0, 0.05) is 25.7 Å². The molecule has 2 rings (SSSR count). The predicted octanol–water partition coefficient (Wildman–Crippen LogP) is 2.53. The van der Waals surface area contributed by atoms with Crippen molar-refractivity contribution < 1.29 is 0 Å². The molecule has 0 radical (unpaired) electrons. The van der Waals surface area contributed by atoms with E-state index < -0.39 is 0 Å². The summed E-state index contributed by atoms with van der Waals surface area (Å²) in [7, 11) is 0. The van der Waals surface area contributed by atoms with Crippen LogP contribution in [0.25, 0.3) is 0 Å². The van der Waals surface area contributed by atoms with Crippen LogP contribution in [0.1, 0.15) is 33.1 Å². The Morgan fingerprint density at radius 1 is 1.41 bits per heavy atom. The number of nitrogens with zero attached hydrogens (tertiary/aromatic N) is 3. The molecule has 0 amide bonds. The number of rotatable bonds is 4. The van der Waals surface area contributed by atoms with Crippen LogP contribution >= 0.6 is 0 Å². The Balaban J connectivity index is 2.07. The van der Waals surface area contributed by atoms with E-state index >= 15 is 0 Å². The molecule has 1 fully saturated rings. The van der Waals surface area contributed by atoms with Gasteiger partial charge in [-0.05, 0) is 25.7 Å². The van der Waals surface area contributed by atoms with Crippen molar-refractivity contribution in [3.05, 3.63) is 12.4 Å². The molecule has 0 aliphatic carbocycles. The number of aromatic nitrogens is 2. The fraction of sp³-hybridized carbons (Fsp3) is 0.692. The first kappa shape index (κ1) is 12.1. The highest BCUT2D eigenvalue weighted by atomic mass is 15.2. The Hall–Kier alpha value is -1.32. The minimum atomic E-state index is 0.821. The lowest BCUT2D eigenvalue weighted by atomic mass is 9.96. The Labute approximate surface area is 103 Å². The summed E-state index contributed by atoms with van der Waals surface area (Å²) in [6.45, 7) is 7.51. The third kappa shape index (κ3) is 3.08. The first-order valence-corrected chi connectivity index (χ1v) is 6.64. The quantitative estimate of drug-likeness (QED) is 0.869. The third-order valence-corrected chi connectivity index (χ3v) is 3.43. The van der Waals surface area contributed by atoms with Gasteiger partial charge in [-0.25, -0.2) is 9.97 Å². The van der Waals surface area contributed by atoms with Gasteiger partial charge in [0.1, 0.15) is 18.0 Å². The van der Waals surface area contributed by atoms with Crippen LogP contribution in [0.3, 0.4) is 0 Å². The molecular formula is C13H22N4. The average Bonchev–Trinajstić information content (AvgIpc) is 2.40. The molecule has 4 heteroatoms. The van der Waals surface area contributed by atoms with E-state index in [2.05, 4.69) is 40.1 Å². The fourth-order valence-electron chi connectivity index (χ4n) is 2.40. The molecule has 0 spiro atoms. The van der Waals surface area contributed by atoms with Gasteiger partial charge in [0.15, 0.2) is 0 Å². The van der Waals surface area contributed by atoms with Gasteiger partial charge in [0.25, 0.3) is 0 Å². The van der Waals surface area contributed by atoms with Gasteiger partial charge < -0.3 is 10.2 Å². The van der Waals surface area contributed by atoms with Crippen LogP contribution in [0.2, 0.25) is 0 Å². The number of hydrogen-bond donors (Lipinski definition) is 1. The number of anilines is 2. The number of nitrogens with one attached hydrogen (secondary N) is 1. The van der Waals surface area contributed by atoms with Crippen molar-refractivity contribution in [1.29, 1.82) is 0 Å². The highest BCUT2D eigenvalue weighted by molar-refractivity contribution is 5.48. The molecule has 1 unspecified atom stereocenters. The van der Waals surface area contributed by atoms with Crippen LogP contribution in [0.4, 0.5) is 11.6 Å². The standard InChI is InChI=1S/C13H22N4/c1-3-11-6-5-7-17(9-11)13-8-12(14-4-2)15-10-16-13/h8,10-11H,3-7,9H2,1-2H3,(H,14,15,16). The van der Waals surface area contributed by atoms with Crippen molar-refractivity contribution in [1.82, 2.24) is 9.97 Å². The van der Waals surface area contributed by atoms with Crippen LogP contribution < -0.4 is 10.2 Å². The Kier molecular flexibility index (Phi) is 4.18. The van der Waals surface area contributed by atoms with Gasteiger partial charge >= 0.3 is 0 Å². The van der Waals surface area contributed by atoms with Crippen LogP contribution in [-0.4, -0.2) is 29.6 Å². The van der Waals surface area contributed by atoms with Gasteiger partial charge in [0.2, 0.25) is 0 Å². The lowest BCUT2D eigenvalue weighted by molar-refractivity contribution is 0.403. The summed E-state index contributed by atoms with van der Waals surface area (Å²) in [5.74, 6) is 2.81. The van der Waals surface area contributed by atoms with Crippen molar-refractivity contribution in [2.45, 2.75) is 33.1 Å². The van der Waals surface area contributed by atoms with E-state index in [4.69, 9.17) is 0 Å². The first-order chi connectivity index (χ1) is 8.33. The largest absolute Gasteiger partial charge is 0.370 e. The zero-order chi connectivity index (χ0) is 12.1. The molecule has 0 bridgehead atoms. The molecule has 0 saturated carbocycles. The van der Waals surface area contributed by atoms with Crippen molar-refractivity contribution in [2.75, 3.05) is 29.9 Å². The third-order valence-electron chi connectivity index (χ3n) is 3.43. The normalized spacial score (nSPS) is 20.4. The van der Waals surface area contributed by atoms with Crippen LogP contribution in [0.5, 0.6) is 0 Å². The zero-order valence-corrected chi connectivity index (χ0v) is 10.8. The summed E-state index contributed by atoms with van der Waals surface area (Å²) in [6.07, 6.45) is 5.56. The summed E-state index contributed by atoms with van der Waals surface area (Å²) in [4.78, 5) is 11.0. The average molecular weight is 234 g/mol. The molecule has 17 heavy (non-hydrogen) atoms. The maximum absolute atomic E-state index is 4.39. The molecule has 1 aliphatic rings. The van der Waals surface area contributed by atoms with E-state index in [0.29, 0.717) is 0 Å². The second-order valence-electron chi connectivity index (χ2n) is 4.65. The maximum atomic E-state index is 4.39. The SMILES string of the molecule is CCNc1cc(N2CCCC(CC)C2)ncn1. The molecule has 4 nitrogen and oxygen atoms in total. The molecule has 1 saturated heterocycles. The fourth-order valence-corrected chi connectivity index (χ4v) is 2.40. The molecule has 0 aromatic carbocycles. The molecule has 1 aliphatic heterocycles. The Morgan fingerprint density at radius 2 is 2.29 bits per heavy atom. The second-order valence-corrected chi connectivity index (χ2v) is 4.65. The Bertz CT molecular complexity index is 353. The second kappa shape index (κ2) is 5.84. The van der Waals surface area contributed by atoms with E-state index in [9.17, 15) is 0 Å². The smallest absolute Gasteiger partial charge is 0.134 e. The minimum absolute atomic E-state index is 0.821. The van der Waals surface area contributed by atoms with E-state index in [1.807, 2.05) is 0 Å². The van der Waals surface area contributed by atoms with Gasteiger partial charge in [-0.15, -0.1) is 0 Å². The summed E-state index contributed by atoms with van der Waals surface area (Å²) in [5, 5.41) is 3.23. The van der Waals surface area contributed by atoms with E-state index in [1.54, 1.807) is 6.33 Å². The lowest BCUT2D eigenvalue weighted by Crippen LogP contribution is -2.35. The van der Waals surface area contributed by atoms with Gasteiger partial charge in [-0.3, -0.25) is 0 Å². The summed E-state index contributed by atoms with van der Waals surface area (Å²) < 4.78 is 0. The highest BCUT2D eigenvalue weighted by Gasteiger charge is 2.19. The molecular weight excluding hydrogens is 212 g/mol. The summed E-state index contributed by atoms with van der Waals surface area (Å²) >= 11 is 0. The topological polar surface area (TPSA) is 41.0 Å². The van der Waals surface area contributed by atoms with Crippen LogP contribution in [0.15, 0.2) is 12.4 Å². The number of hydrogen-bond acceptors (Lipinski definition) is 4. The van der Waals surface area contributed by atoms with Gasteiger partial charge in [-0.2, -0.15) is 0 Å². The molecule has 1 N–H and O–H groups in total. The molecule has 1 aromatic heterocycles. The summed E-state index contributed by atoms with van der Waals surface area (Å²) in [5.41, 5.74) is 0. The minimum Gasteiger partial charge on any atom is -0.370 e. The van der Waals surface area contributed by atoms with E-state index in [0.717, 1.165) is 37.2 Å². The predicted molar refractivity (Wildman–Crippen MR) is 71.4 cm³/mol.